The van der Waals surface area contributed by atoms with Crippen molar-refractivity contribution < 1.29 is 28.2 Å². The SMILES string of the molecule is COc1ccc(Cl)cc1NC(=O)COC(=O)COc1cccc(F)c1. The van der Waals surface area contributed by atoms with Crippen LogP contribution in [0.1, 0.15) is 0 Å². The summed E-state index contributed by atoms with van der Waals surface area (Å²) in [6.07, 6.45) is 0. The number of carbonyl (C=O) groups is 2. The largest absolute Gasteiger partial charge is 0.495 e. The third-order valence-electron chi connectivity index (χ3n) is 2.95. The normalized spacial score (nSPS) is 10.0. The molecule has 0 saturated heterocycles. The third-order valence-corrected chi connectivity index (χ3v) is 3.19. The van der Waals surface area contributed by atoms with E-state index in [1.54, 1.807) is 12.1 Å². The Hall–Kier alpha value is -2.80. The Bertz CT molecular complexity index is 768. The van der Waals surface area contributed by atoms with Gasteiger partial charge >= 0.3 is 5.97 Å². The molecule has 0 heterocycles. The van der Waals surface area contributed by atoms with E-state index < -0.39 is 30.9 Å². The van der Waals surface area contributed by atoms with Gasteiger partial charge in [0.2, 0.25) is 0 Å². The van der Waals surface area contributed by atoms with Crippen LogP contribution >= 0.6 is 11.6 Å². The number of rotatable bonds is 7. The number of esters is 1. The maximum atomic E-state index is 13.0. The molecule has 0 radical (unpaired) electrons. The number of carbonyl (C=O) groups excluding carboxylic acids is 2. The highest BCUT2D eigenvalue weighted by Gasteiger charge is 2.12. The Labute approximate surface area is 148 Å². The zero-order chi connectivity index (χ0) is 18.2. The molecule has 2 aromatic carbocycles. The van der Waals surface area contributed by atoms with Crippen molar-refractivity contribution in [3.05, 3.63) is 53.3 Å². The van der Waals surface area contributed by atoms with Crippen LogP contribution in [0.2, 0.25) is 5.02 Å². The number of amides is 1. The minimum atomic E-state index is -0.766. The van der Waals surface area contributed by atoms with Crippen molar-refractivity contribution in [2.24, 2.45) is 0 Å². The highest BCUT2D eigenvalue weighted by atomic mass is 35.5. The summed E-state index contributed by atoms with van der Waals surface area (Å²) in [5.74, 6) is -1.22. The van der Waals surface area contributed by atoms with Gasteiger partial charge in [-0.05, 0) is 30.3 Å². The van der Waals surface area contributed by atoms with Gasteiger partial charge in [0.15, 0.2) is 13.2 Å². The molecule has 0 fully saturated rings. The van der Waals surface area contributed by atoms with Crippen LogP contribution in [0, 0.1) is 5.82 Å². The minimum Gasteiger partial charge on any atom is -0.495 e. The van der Waals surface area contributed by atoms with Crippen molar-refractivity contribution in [1.82, 2.24) is 0 Å². The van der Waals surface area contributed by atoms with Crippen LogP contribution in [0.4, 0.5) is 10.1 Å². The molecule has 0 aliphatic heterocycles. The highest BCUT2D eigenvalue weighted by molar-refractivity contribution is 6.31. The number of benzene rings is 2. The van der Waals surface area contributed by atoms with Gasteiger partial charge < -0.3 is 19.5 Å². The van der Waals surface area contributed by atoms with Crippen molar-refractivity contribution in [3.8, 4) is 11.5 Å². The number of halogens is 2. The summed E-state index contributed by atoms with van der Waals surface area (Å²) in [7, 11) is 1.45. The summed E-state index contributed by atoms with van der Waals surface area (Å²) in [6, 6.07) is 10.0. The molecule has 132 valence electrons. The van der Waals surface area contributed by atoms with E-state index in [0.29, 0.717) is 16.5 Å². The van der Waals surface area contributed by atoms with E-state index in [-0.39, 0.29) is 5.75 Å². The van der Waals surface area contributed by atoms with Gasteiger partial charge in [-0.2, -0.15) is 0 Å². The molecule has 8 heteroatoms. The van der Waals surface area contributed by atoms with E-state index in [1.165, 1.54) is 31.4 Å². The number of nitrogens with one attached hydrogen (secondary N) is 1. The molecule has 1 amide bonds. The maximum absolute atomic E-state index is 13.0. The fourth-order valence-corrected chi connectivity index (χ4v) is 2.02. The molecular weight excluding hydrogens is 353 g/mol. The molecule has 0 bridgehead atoms. The van der Waals surface area contributed by atoms with E-state index in [4.69, 9.17) is 25.8 Å². The molecule has 2 aromatic rings. The molecule has 0 spiro atoms. The Balaban J connectivity index is 1.79. The Morgan fingerprint density at radius 1 is 1.16 bits per heavy atom. The lowest BCUT2D eigenvalue weighted by Crippen LogP contribution is -2.23. The summed E-state index contributed by atoms with van der Waals surface area (Å²) in [5.41, 5.74) is 0.354. The molecule has 2 rings (SSSR count). The van der Waals surface area contributed by atoms with E-state index >= 15 is 0 Å². The lowest BCUT2D eigenvalue weighted by Gasteiger charge is -2.11. The lowest BCUT2D eigenvalue weighted by molar-refractivity contribution is -0.149. The van der Waals surface area contributed by atoms with E-state index in [2.05, 4.69) is 5.32 Å². The number of hydrogen-bond donors (Lipinski definition) is 1. The number of anilines is 1. The van der Waals surface area contributed by atoms with Gasteiger partial charge in [-0.15, -0.1) is 0 Å². The fraction of sp³-hybridized carbons (Fsp3) is 0.176. The first-order valence-electron chi connectivity index (χ1n) is 7.15. The molecule has 1 N–H and O–H groups in total. The van der Waals surface area contributed by atoms with Crippen LogP contribution in [-0.2, 0) is 14.3 Å². The maximum Gasteiger partial charge on any atom is 0.344 e. The molecule has 0 saturated carbocycles. The average molecular weight is 368 g/mol. The summed E-state index contributed by atoms with van der Waals surface area (Å²) in [4.78, 5) is 23.4. The first kappa shape index (κ1) is 18.5. The van der Waals surface area contributed by atoms with Crippen LogP contribution < -0.4 is 14.8 Å². The zero-order valence-electron chi connectivity index (χ0n) is 13.3. The summed E-state index contributed by atoms with van der Waals surface area (Å²) in [5, 5.41) is 2.94. The topological polar surface area (TPSA) is 73.9 Å². The highest BCUT2D eigenvalue weighted by Crippen LogP contribution is 2.27. The second-order valence-corrected chi connectivity index (χ2v) is 5.24. The van der Waals surface area contributed by atoms with Crippen LogP contribution in [0.3, 0.4) is 0 Å². The number of hydrogen-bond acceptors (Lipinski definition) is 5. The Kier molecular flexibility index (Phi) is 6.59. The van der Waals surface area contributed by atoms with Crippen LogP contribution in [0.5, 0.6) is 11.5 Å². The third kappa shape index (κ3) is 5.96. The lowest BCUT2D eigenvalue weighted by atomic mass is 10.3. The predicted octanol–water partition coefficient (Wildman–Crippen LogP) is 3.05. The Morgan fingerprint density at radius 2 is 1.96 bits per heavy atom. The minimum absolute atomic E-state index is 0.185. The predicted molar refractivity (Wildman–Crippen MR) is 89.5 cm³/mol. The summed E-state index contributed by atoms with van der Waals surface area (Å²) < 4.78 is 27.9. The monoisotopic (exact) mass is 367 g/mol. The van der Waals surface area contributed by atoms with Crippen molar-refractivity contribution in [2.45, 2.75) is 0 Å². The molecule has 0 atom stereocenters. The molecule has 0 aliphatic carbocycles. The summed E-state index contributed by atoms with van der Waals surface area (Å²) in [6.45, 7) is -0.960. The fourth-order valence-electron chi connectivity index (χ4n) is 1.85. The second kappa shape index (κ2) is 8.89. The first-order chi connectivity index (χ1) is 12.0. The van der Waals surface area contributed by atoms with Crippen LogP contribution in [0.25, 0.3) is 0 Å². The van der Waals surface area contributed by atoms with Gasteiger partial charge in [-0.25, -0.2) is 9.18 Å². The second-order valence-electron chi connectivity index (χ2n) is 4.80. The average Bonchev–Trinajstić information content (AvgIpc) is 2.58. The molecule has 0 aromatic heterocycles. The van der Waals surface area contributed by atoms with Gasteiger partial charge in [0.1, 0.15) is 17.3 Å². The Morgan fingerprint density at radius 3 is 2.68 bits per heavy atom. The zero-order valence-corrected chi connectivity index (χ0v) is 14.0. The molecule has 0 aliphatic rings. The van der Waals surface area contributed by atoms with Crippen molar-refractivity contribution in [3.63, 3.8) is 0 Å². The van der Waals surface area contributed by atoms with Gasteiger partial charge in [0.05, 0.1) is 12.8 Å². The van der Waals surface area contributed by atoms with Crippen LogP contribution in [-0.4, -0.2) is 32.2 Å². The quantitative estimate of drug-likeness (QED) is 0.761. The van der Waals surface area contributed by atoms with Crippen molar-refractivity contribution >= 4 is 29.2 Å². The molecule has 25 heavy (non-hydrogen) atoms. The van der Waals surface area contributed by atoms with E-state index in [1.807, 2.05) is 0 Å². The van der Waals surface area contributed by atoms with Crippen molar-refractivity contribution in [1.29, 1.82) is 0 Å². The van der Waals surface area contributed by atoms with Gasteiger partial charge in [-0.1, -0.05) is 17.7 Å². The van der Waals surface area contributed by atoms with Crippen LogP contribution in [0.15, 0.2) is 42.5 Å². The molecule has 0 unspecified atom stereocenters. The summed E-state index contributed by atoms with van der Waals surface area (Å²) >= 11 is 5.86. The van der Waals surface area contributed by atoms with Gasteiger partial charge in [-0.3, -0.25) is 4.79 Å². The smallest absolute Gasteiger partial charge is 0.344 e. The van der Waals surface area contributed by atoms with E-state index in [0.717, 1.165) is 6.07 Å². The molecular formula is C17H15ClFNO5. The number of methoxy groups -OCH3 is 1. The van der Waals surface area contributed by atoms with Gasteiger partial charge in [0, 0.05) is 11.1 Å². The van der Waals surface area contributed by atoms with Crippen molar-refractivity contribution in [2.75, 3.05) is 25.6 Å². The number of ether oxygens (including phenoxy) is 3. The van der Waals surface area contributed by atoms with Gasteiger partial charge in [0.25, 0.3) is 5.91 Å². The van der Waals surface area contributed by atoms with E-state index in [9.17, 15) is 14.0 Å². The molecule has 6 nitrogen and oxygen atoms in total. The standard InChI is InChI=1S/C17H15ClFNO5/c1-23-15-6-5-11(18)7-14(15)20-16(21)9-25-17(22)10-24-13-4-2-3-12(19)8-13/h2-8H,9-10H2,1H3,(H,20,21). The first-order valence-corrected chi connectivity index (χ1v) is 7.53.